The SMILES string of the molecule is [CH3][Hf+3].[Cl-].[Cl-].[Cl-]. The van der Waals surface area contributed by atoms with Gasteiger partial charge in [0.05, 0.1) is 0 Å². The van der Waals surface area contributed by atoms with Crippen molar-refractivity contribution >= 4 is 0 Å². The van der Waals surface area contributed by atoms with Gasteiger partial charge in [-0.25, -0.2) is 0 Å². The first-order chi connectivity index (χ1) is 1.00. The second kappa shape index (κ2) is 42.6. The molecular formula is CH3Cl3Hf. The maximum Gasteiger partial charge on any atom is -1.00 e. The van der Waals surface area contributed by atoms with E-state index in [1.54, 1.807) is 0 Å². The normalized spacial score (nSPS) is 1.40. The first-order valence-electron chi connectivity index (χ1n) is 0.500. The van der Waals surface area contributed by atoms with E-state index in [0.29, 0.717) is 0 Å². The largest absolute Gasteiger partial charge is 1.00 e. The minimum atomic E-state index is 0. The standard InChI is InChI=1S/CH3.3ClH.Hf/h1H3;3*1H;/q;;;;+3/p-3. The smallest absolute Gasteiger partial charge is 1.00 e. The third-order valence-corrected chi connectivity index (χ3v) is 0. The van der Waals surface area contributed by atoms with E-state index in [0.717, 1.165) is 0 Å². The Bertz CT molecular complexity index is 6.85. The summed E-state index contributed by atoms with van der Waals surface area (Å²) in [7, 11) is 0. The summed E-state index contributed by atoms with van der Waals surface area (Å²) in [5, 5.41) is 0. The molecule has 0 aromatic carbocycles. The van der Waals surface area contributed by atoms with Crippen molar-refractivity contribution in [2.75, 3.05) is 0 Å². The van der Waals surface area contributed by atoms with Gasteiger partial charge < -0.3 is 37.2 Å². The molecular weight excluding hydrogens is 297 g/mol. The third-order valence-electron chi connectivity index (χ3n) is 0. The molecule has 0 atom stereocenters. The molecule has 0 unspecified atom stereocenters. The van der Waals surface area contributed by atoms with Gasteiger partial charge in [0.25, 0.3) is 0 Å². The zero-order chi connectivity index (χ0) is 2.00. The summed E-state index contributed by atoms with van der Waals surface area (Å²) in [5.41, 5.74) is 0. The van der Waals surface area contributed by atoms with Crippen molar-refractivity contribution in [3.05, 3.63) is 0 Å². The molecule has 0 aliphatic carbocycles. The van der Waals surface area contributed by atoms with Crippen LogP contribution in [0.3, 0.4) is 0 Å². The van der Waals surface area contributed by atoms with Crippen LogP contribution in [0.4, 0.5) is 0 Å². The van der Waals surface area contributed by atoms with Crippen LogP contribution in [0.15, 0.2) is 0 Å². The first-order valence-corrected chi connectivity index (χ1v) is 4.09. The molecule has 0 radical (unpaired) electrons. The summed E-state index contributed by atoms with van der Waals surface area (Å²) in [6.07, 6.45) is 0. The van der Waals surface area contributed by atoms with Crippen LogP contribution in [0.5, 0.6) is 0 Å². The molecule has 0 aromatic heterocycles. The van der Waals surface area contributed by atoms with Crippen molar-refractivity contribution < 1.29 is 61.6 Å². The van der Waals surface area contributed by atoms with E-state index in [2.05, 4.69) is 4.68 Å². The van der Waals surface area contributed by atoms with Gasteiger partial charge in [0, 0.05) is 0 Å². The molecule has 0 saturated heterocycles. The summed E-state index contributed by atoms with van der Waals surface area (Å²) in [6.45, 7) is 0. The molecule has 0 nitrogen and oxygen atoms in total. The number of hydrogen-bond acceptors (Lipinski definition) is 0. The zero-order valence-corrected chi connectivity index (χ0v) is 8.49. The van der Waals surface area contributed by atoms with Crippen LogP contribution in [0.1, 0.15) is 0 Å². The van der Waals surface area contributed by atoms with Crippen LogP contribution in [0.25, 0.3) is 0 Å². The fourth-order valence-electron chi connectivity index (χ4n) is 0. The number of hydrogen-bond donors (Lipinski definition) is 0. The second-order valence-corrected chi connectivity index (χ2v) is 0. The monoisotopic (exact) mass is 300 g/mol. The van der Waals surface area contributed by atoms with Crippen LogP contribution in [-0.4, -0.2) is 0 Å². The van der Waals surface area contributed by atoms with Crippen molar-refractivity contribution in [3.8, 4) is 0 Å². The van der Waals surface area contributed by atoms with Crippen molar-refractivity contribution in [1.29, 1.82) is 0 Å². The van der Waals surface area contributed by atoms with Crippen LogP contribution >= 0.6 is 0 Å². The van der Waals surface area contributed by atoms with Gasteiger partial charge >= 0.3 is 29.1 Å². The minimum absolute atomic E-state index is 0. The molecule has 0 amide bonds. The van der Waals surface area contributed by atoms with Crippen molar-refractivity contribution in [2.45, 2.75) is 4.68 Å². The third kappa shape index (κ3) is 26.5. The Morgan fingerprint density at radius 2 is 0.800 bits per heavy atom. The van der Waals surface area contributed by atoms with Crippen LogP contribution < -0.4 is 37.2 Å². The van der Waals surface area contributed by atoms with Gasteiger partial charge in [-0.05, 0) is 0 Å². The molecule has 0 aliphatic heterocycles. The van der Waals surface area contributed by atoms with E-state index in [9.17, 15) is 0 Å². The Balaban J connectivity index is -0.00000000167. The van der Waals surface area contributed by atoms with Gasteiger partial charge in [-0.15, -0.1) is 0 Å². The van der Waals surface area contributed by atoms with Gasteiger partial charge in [-0.2, -0.15) is 0 Å². The van der Waals surface area contributed by atoms with E-state index in [1.807, 2.05) is 0 Å². The molecule has 0 fully saturated rings. The Kier molecular flexibility index (Phi) is 252. The molecule has 0 rings (SSSR count). The second-order valence-electron chi connectivity index (χ2n) is 0. The van der Waals surface area contributed by atoms with Gasteiger partial charge in [0.1, 0.15) is 0 Å². The van der Waals surface area contributed by atoms with Gasteiger partial charge in [-0.3, -0.25) is 0 Å². The summed E-state index contributed by atoms with van der Waals surface area (Å²) in [4.78, 5) is 0. The van der Waals surface area contributed by atoms with E-state index in [1.165, 1.54) is 24.4 Å². The zero-order valence-electron chi connectivity index (χ0n) is 2.63. The summed E-state index contributed by atoms with van der Waals surface area (Å²) < 4.78 is 2.14. The molecule has 5 heavy (non-hydrogen) atoms. The quantitative estimate of drug-likeness (QED) is 0.390. The molecule has 0 saturated carbocycles. The first kappa shape index (κ1) is 29.6. The summed E-state index contributed by atoms with van der Waals surface area (Å²) in [5.74, 6) is 0. The minimum Gasteiger partial charge on any atom is -1.00 e. The van der Waals surface area contributed by atoms with Crippen molar-refractivity contribution in [2.24, 2.45) is 0 Å². The van der Waals surface area contributed by atoms with E-state index in [-0.39, 0.29) is 37.2 Å². The average Bonchev–Trinajstić information content (AvgIpc) is 1.00. The Morgan fingerprint density at radius 1 is 0.800 bits per heavy atom. The number of rotatable bonds is 0. The predicted octanol–water partition coefficient (Wildman–Crippen LogP) is -8.41. The Morgan fingerprint density at radius 3 is 0.800 bits per heavy atom. The van der Waals surface area contributed by atoms with Crippen LogP contribution in [0, 0.1) is 0 Å². The fourth-order valence-corrected chi connectivity index (χ4v) is 0. The van der Waals surface area contributed by atoms with E-state index in [4.69, 9.17) is 0 Å². The maximum absolute atomic E-state index is 2.14. The Hall–Kier alpha value is 1.74. The fraction of sp³-hybridized carbons (Fsp3) is 1.00. The average molecular weight is 300 g/mol. The maximum atomic E-state index is 2.14. The molecule has 0 N–H and O–H groups in total. The summed E-state index contributed by atoms with van der Waals surface area (Å²) in [6, 6.07) is 0. The van der Waals surface area contributed by atoms with Gasteiger partial charge in [0.2, 0.25) is 0 Å². The van der Waals surface area contributed by atoms with Crippen LogP contribution in [-0.2, 0) is 24.4 Å². The summed E-state index contributed by atoms with van der Waals surface area (Å²) >= 11 is 1.31. The molecule has 4 heteroatoms. The van der Waals surface area contributed by atoms with E-state index < -0.39 is 0 Å². The van der Waals surface area contributed by atoms with Gasteiger partial charge in [0.15, 0.2) is 0 Å². The van der Waals surface area contributed by atoms with E-state index >= 15 is 0 Å². The molecule has 0 spiro atoms. The topological polar surface area (TPSA) is 0 Å². The Labute approximate surface area is 65.9 Å². The molecule has 0 aromatic rings. The van der Waals surface area contributed by atoms with Crippen LogP contribution in [0.2, 0.25) is 4.68 Å². The molecule has 32 valence electrons. The molecule has 0 bridgehead atoms. The van der Waals surface area contributed by atoms with Crippen molar-refractivity contribution in [1.82, 2.24) is 0 Å². The number of halogens is 3. The molecule has 0 aliphatic rings. The van der Waals surface area contributed by atoms with Gasteiger partial charge in [-0.1, -0.05) is 0 Å². The predicted molar refractivity (Wildman–Crippen MR) is 5.86 cm³/mol. The van der Waals surface area contributed by atoms with Crippen molar-refractivity contribution in [3.63, 3.8) is 0 Å². The molecule has 0 heterocycles.